The lowest BCUT2D eigenvalue weighted by Gasteiger charge is -2.30. The number of amides is 3. The summed E-state index contributed by atoms with van der Waals surface area (Å²) in [6, 6.07) is 0. The minimum Gasteiger partial charge on any atom is -0.369 e. The van der Waals surface area contributed by atoms with E-state index in [2.05, 4.69) is 0 Å². The molecule has 0 bridgehead atoms. The highest BCUT2D eigenvalue weighted by Crippen LogP contribution is 2.15. The van der Waals surface area contributed by atoms with E-state index in [1.807, 2.05) is 0 Å². The minimum absolute atomic E-state index is 0.196. The monoisotopic (exact) mass is 214 g/mol. The van der Waals surface area contributed by atoms with Crippen LogP contribution in [-0.2, 0) is 14.4 Å². The average molecular weight is 214 g/mol. The van der Waals surface area contributed by atoms with Crippen LogP contribution in [-0.4, -0.2) is 35.7 Å². The largest absolute Gasteiger partial charge is 0.369 e. The number of rotatable bonds is 1. The van der Waals surface area contributed by atoms with Crippen molar-refractivity contribution in [1.29, 1.82) is 0 Å². The topological polar surface area (TPSA) is 119 Å². The zero-order chi connectivity index (χ0) is 11.4. The number of hydrogen-bond acceptors (Lipinski definition) is 4. The Morgan fingerprint density at radius 3 is 2.53 bits per heavy atom. The zero-order valence-electron chi connectivity index (χ0n) is 8.23. The van der Waals surface area contributed by atoms with Gasteiger partial charge in [0.05, 0.1) is 5.92 Å². The van der Waals surface area contributed by atoms with Gasteiger partial charge in [0.25, 0.3) is 0 Å². The Bertz CT molecular complexity index is 292. The van der Waals surface area contributed by atoms with Gasteiger partial charge < -0.3 is 10.6 Å². The van der Waals surface area contributed by atoms with Gasteiger partial charge in [-0.05, 0) is 12.8 Å². The molecule has 3 amide bonds. The molecule has 0 saturated carbocycles. The van der Waals surface area contributed by atoms with Crippen LogP contribution in [0, 0.1) is 5.92 Å². The molecular formula is C8H14N4O3. The van der Waals surface area contributed by atoms with Crippen molar-refractivity contribution in [2.24, 2.45) is 17.5 Å². The number of carbonyl (C=O) groups is 3. The highest BCUT2D eigenvalue weighted by Gasteiger charge is 2.29. The number of piperidine rings is 1. The van der Waals surface area contributed by atoms with Crippen LogP contribution < -0.4 is 17.0 Å². The smallest absolute Gasteiger partial charge is 0.323 e. The Morgan fingerprint density at radius 1 is 1.33 bits per heavy atom. The first-order valence-electron chi connectivity index (χ1n) is 4.65. The molecule has 0 aromatic rings. The summed E-state index contributed by atoms with van der Waals surface area (Å²) in [5.41, 5.74) is 6.90. The number of carbonyl (C=O) groups excluding carboxylic acids is 3. The van der Waals surface area contributed by atoms with Crippen molar-refractivity contribution in [1.82, 2.24) is 10.3 Å². The molecule has 1 rings (SSSR count). The maximum Gasteiger partial charge on any atom is 0.323 e. The zero-order valence-corrected chi connectivity index (χ0v) is 8.23. The van der Waals surface area contributed by atoms with E-state index in [4.69, 9.17) is 11.6 Å². The van der Waals surface area contributed by atoms with Crippen LogP contribution in [0.15, 0.2) is 0 Å². The van der Waals surface area contributed by atoms with Crippen LogP contribution >= 0.6 is 0 Å². The lowest BCUT2D eigenvalue weighted by molar-refractivity contribution is -0.147. The van der Waals surface area contributed by atoms with Crippen molar-refractivity contribution in [2.75, 3.05) is 13.1 Å². The van der Waals surface area contributed by atoms with Crippen LogP contribution in [0.3, 0.4) is 0 Å². The maximum absolute atomic E-state index is 11.4. The lowest BCUT2D eigenvalue weighted by atomic mass is 9.97. The summed E-state index contributed by atoms with van der Waals surface area (Å²) < 4.78 is 0. The lowest BCUT2D eigenvalue weighted by Crippen LogP contribution is -2.50. The van der Waals surface area contributed by atoms with Gasteiger partial charge >= 0.3 is 11.8 Å². The second kappa shape index (κ2) is 4.74. The fraction of sp³-hybridized carbons (Fsp3) is 0.625. The van der Waals surface area contributed by atoms with E-state index < -0.39 is 17.7 Å². The first-order chi connectivity index (χ1) is 7.06. The Kier molecular flexibility index (Phi) is 3.62. The molecule has 1 heterocycles. The molecule has 0 aliphatic carbocycles. The fourth-order valence-corrected chi connectivity index (χ4v) is 1.60. The van der Waals surface area contributed by atoms with Crippen molar-refractivity contribution in [3.05, 3.63) is 0 Å². The quantitative estimate of drug-likeness (QED) is 0.197. The second-order valence-electron chi connectivity index (χ2n) is 3.47. The van der Waals surface area contributed by atoms with Crippen molar-refractivity contribution in [3.63, 3.8) is 0 Å². The average Bonchev–Trinajstić information content (AvgIpc) is 2.27. The molecule has 0 spiro atoms. The fourth-order valence-electron chi connectivity index (χ4n) is 1.60. The van der Waals surface area contributed by atoms with Gasteiger partial charge in [-0.25, -0.2) is 5.84 Å². The van der Waals surface area contributed by atoms with Gasteiger partial charge in [0, 0.05) is 13.1 Å². The molecule has 0 radical (unpaired) electrons. The molecule has 1 atom stereocenters. The number of nitrogens with zero attached hydrogens (tertiary/aromatic N) is 1. The predicted octanol–water partition coefficient (Wildman–Crippen LogP) is -2.30. The Labute approximate surface area is 86.7 Å². The summed E-state index contributed by atoms with van der Waals surface area (Å²) in [6.07, 6.45) is 1.32. The second-order valence-corrected chi connectivity index (χ2v) is 3.47. The SMILES string of the molecule is NNC(=O)C(=O)N1CCCC(C(N)=O)C1. The van der Waals surface area contributed by atoms with E-state index in [0.717, 1.165) is 0 Å². The van der Waals surface area contributed by atoms with Gasteiger partial charge in [-0.3, -0.25) is 19.8 Å². The van der Waals surface area contributed by atoms with E-state index in [1.54, 1.807) is 5.43 Å². The summed E-state index contributed by atoms with van der Waals surface area (Å²) in [5, 5.41) is 0. The molecule has 7 heteroatoms. The summed E-state index contributed by atoms with van der Waals surface area (Å²) >= 11 is 0. The number of nitrogens with one attached hydrogen (secondary N) is 1. The van der Waals surface area contributed by atoms with Crippen LogP contribution in [0.5, 0.6) is 0 Å². The number of likely N-dealkylation sites (tertiary alicyclic amines) is 1. The summed E-state index contributed by atoms with van der Waals surface area (Å²) in [5.74, 6) is 2.43. The summed E-state index contributed by atoms with van der Waals surface area (Å²) in [6.45, 7) is 0.650. The molecule has 5 N–H and O–H groups in total. The van der Waals surface area contributed by atoms with Crippen LogP contribution in [0.25, 0.3) is 0 Å². The molecule has 15 heavy (non-hydrogen) atoms. The Hall–Kier alpha value is -1.63. The number of hydrogen-bond donors (Lipinski definition) is 3. The Morgan fingerprint density at radius 2 is 2.00 bits per heavy atom. The molecule has 1 unspecified atom stereocenters. The van der Waals surface area contributed by atoms with Crippen molar-refractivity contribution >= 4 is 17.7 Å². The summed E-state index contributed by atoms with van der Waals surface area (Å²) in [4.78, 5) is 34.5. The minimum atomic E-state index is -0.875. The van der Waals surface area contributed by atoms with Gasteiger partial charge in [0.1, 0.15) is 0 Å². The van der Waals surface area contributed by atoms with Gasteiger partial charge in [-0.1, -0.05) is 0 Å². The van der Waals surface area contributed by atoms with E-state index in [1.165, 1.54) is 4.90 Å². The predicted molar refractivity (Wildman–Crippen MR) is 50.8 cm³/mol. The van der Waals surface area contributed by atoms with Crippen molar-refractivity contribution in [3.8, 4) is 0 Å². The van der Waals surface area contributed by atoms with Crippen LogP contribution in [0.1, 0.15) is 12.8 Å². The molecule has 7 nitrogen and oxygen atoms in total. The van der Waals surface area contributed by atoms with Gasteiger partial charge in [0.15, 0.2) is 0 Å². The maximum atomic E-state index is 11.4. The van der Waals surface area contributed by atoms with Gasteiger partial charge in [-0.15, -0.1) is 0 Å². The number of hydrazine groups is 1. The van der Waals surface area contributed by atoms with Gasteiger partial charge in [0.2, 0.25) is 5.91 Å². The first kappa shape index (κ1) is 11.4. The molecular weight excluding hydrogens is 200 g/mol. The number of primary amides is 1. The third-order valence-electron chi connectivity index (χ3n) is 2.44. The van der Waals surface area contributed by atoms with Crippen molar-refractivity contribution < 1.29 is 14.4 Å². The van der Waals surface area contributed by atoms with Crippen LogP contribution in [0.4, 0.5) is 0 Å². The molecule has 0 aromatic carbocycles. The standard InChI is InChI=1S/C8H14N4O3/c9-6(13)5-2-1-3-12(4-5)8(15)7(14)11-10/h5H,1-4,10H2,(H2,9,13)(H,11,14). The third-order valence-corrected chi connectivity index (χ3v) is 2.44. The molecule has 0 aromatic heterocycles. The number of nitrogens with two attached hydrogens (primary N) is 2. The van der Waals surface area contributed by atoms with Crippen LogP contribution in [0.2, 0.25) is 0 Å². The van der Waals surface area contributed by atoms with E-state index >= 15 is 0 Å². The molecule has 84 valence electrons. The first-order valence-corrected chi connectivity index (χ1v) is 4.65. The highest BCUT2D eigenvalue weighted by atomic mass is 16.2. The Balaban J connectivity index is 2.60. The van der Waals surface area contributed by atoms with E-state index in [9.17, 15) is 14.4 Å². The highest BCUT2D eigenvalue weighted by molar-refractivity contribution is 6.34. The molecule has 1 aliphatic rings. The van der Waals surface area contributed by atoms with Gasteiger partial charge in [-0.2, -0.15) is 0 Å². The molecule has 1 saturated heterocycles. The molecule has 1 aliphatic heterocycles. The van der Waals surface area contributed by atoms with E-state index in [-0.39, 0.29) is 12.5 Å². The summed E-state index contributed by atoms with van der Waals surface area (Å²) in [7, 11) is 0. The third kappa shape index (κ3) is 2.66. The molecule has 1 fully saturated rings. The van der Waals surface area contributed by atoms with E-state index in [0.29, 0.717) is 19.4 Å². The normalized spacial score (nSPS) is 20.9. The van der Waals surface area contributed by atoms with Crippen molar-refractivity contribution in [2.45, 2.75) is 12.8 Å².